The highest BCUT2D eigenvalue weighted by molar-refractivity contribution is 9.09. The average molecular weight is 340 g/mol. The first-order valence-electron chi connectivity index (χ1n) is 6.67. The molecule has 1 saturated heterocycles. The highest BCUT2D eigenvalue weighted by Gasteiger charge is 2.26. The third-order valence-corrected chi connectivity index (χ3v) is 6.52. The lowest BCUT2D eigenvalue weighted by Gasteiger charge is -2.35. The van der Waals surface area contributed by atoms with Gasteiger partial charge in [0.1, 0.15) is 17.0 Å². The summed E-state index contributed by atoms with van der Waals surface area (Å²) in [6.45, 7) is 8.78. The molecule has 1 aliphatic heterocycles. The van der Waals surface area contributed by atoms with E-state index in [1.54, 1.807) is 17.7 Å². The molecule has 0 bridgehead atoms. The van der Waals surface area contributed by atoms with E-state index >= 15 is 0 Å². The maximum absolute atomic E-state index is 4.57. The van der Waals surface area contributed by atoms with Crippen molar-refractivity contribution in [1.82, 2.24) is 9.97 Å². The largest absolute Gasteiger partial charge is 0.356 e. The van der Waals surface area contributed by atoms with Crippen molar-refractivity contribution in [3.8, 4) is 0 Å². The van der Waals surface area contributed by atoms with Crippen molar-refractivity contribution in [2.24, 2.45) is 5.92 Å². The lowest BCUT2D eigenvalue weighted by atomic mass is 10.00. The Hall–Kier alpha value is -0.680. The Morgan fingerprint density at radius 2 is 2.16 bits per heavy atom. The Balaban J connectivity index is 2.05. The maximum atomic E-state index is 4.57. The van der Waals surface area contributed by atoms with Gasteiger partial charge in [-0.05, 0) is 31.7 Å². The summed E-state index contributed by atoms with van der Waals surface area (Å²) < 4.78 is 0. The second-order valence-electron chi connectivity index (χ2n) is 5.39. The van der Waals surface area contributed by atoms with Crippen LogP contribution in [0.1, 0.15) is 23.8 Å². The summed E-state index contributed by atoms with van der Waals surface area (Å²) in [7, 11) is 0. The summed E-state index contributed by atoms with van der Waals surface area (Å²) in [6.07, 6.45) is 2.88. The molecule has 0 saturated carbocycles. The van der Waals surface area contributed by atoms with Crippen molar-refractivity contribution in [3.05, 3.63) is 16.8 Å². The van der Waals surface area contributed by atoms with Crippen molar-refractivity contribution in [1.29, 1.82) is 0 Å². The van der Waals surface area contributed by atoms with Gasteiger partial charge in [0, 0.05) is 22.8 Å². The van der Waals surface area contributed by atoms with Crippen LogP contribution in [0.2, 0.25) is 0 Å². The molecular formula is C14H18BrN3S. The Bertz CT molecular complexity index is 610. The predicted octanol–water partition coefficient (Wildman–Crippen LogP) is 3.92. The number of nitrogens with zero attached hydrogens (tertiary/aromatic N) is 3. The van der Waals surface area contributed by atoms with E-state index in [0.29, 0.717) is 10.7 Å². The Morgan fingerprint density at radius 1 is 1.37 bits per heavy atom. The van der Waals surface area contributed by atoms with Gasteiger partial charge in [0.25, 0.3) is 0 Å². The van der Waals surface area contributed by atoms with E-state index in [2.05, 4.69) is 51.6 Å². The topological polar surface area (TPSA) is 29.0 Å². The van der Waals surface area contributed by atoms with Crippen LogP contribution in [0, 0.1) is 19.8 Å². The van der Waals surface area contributed by atoms with Gasteiger partial charge in [-0.3, -0.25) is 0 Å². The van der Waals surface area contributed by atoms with Crippen molar-refractivity contribution in [2.75, 3.05) is 18.0 Å². The van der Waals surface area contributed by atoms with E-state index in [1.165, 1.54) is 22.2 Å². The summed E-state index contributed by atoms with van der Waals surface area (Å²) in [4.78, 5) is 14.5. The fourth-order valence-corrected chi connectivity index (χ4v) is 4.08. The summed E-state index contributed by atoms with van der Waals surface area (Å²) in [5, 5.41) is 1.25. The molecule has 2 aromatic rings. The van der Waals surface area contributed by atoms with Gasteiger partial charge in [0.2, 0.25) is 0 Å². The Morgan fingerprint density at radius 3 is 2.89 bits per heavy atom. The first kappa shape index (κ1) is 13.3. The number of fused-ring (bicyclic) bond motifs is 1. The number of hydrogen-bond acceptors (Lipinski definition) is 4. The van der Waals surface area contributed by atoms with Gasteiger partial charge in [-0.25, -0.2) is 9.97 Å². The number of hydrogen-bond donors (Lipinski definition) is 0. The molecule has 0 aromatic carbocycles. The lowest BCUT2D eigenvalue weighted by molar-refractivity contribution is 0.464. The van der Waals surface area contributed by atoms with Crippen LogP contribution in [-0.4, -0.2) is 27.9 Å². The summed E-state index contributed by atoms with van der Waals surface area (Å²) in [5.74, 6) is 1.77. The lowest BCUT2D eigenvalue weighted by Crippen LogP contribution is -2.40. The van der Waals surface area contributed by atoms with Crippen LogP contribution < -0.4 is 4.90 Å². The highest BCUT2D eigenvalue weighted by atomic mass is 79.9. The quantitative estimate of drug-likeness (QED) is 0.737. The van der Waals surface area contributed by atoms with E-state index < -0.39 is 0 Å². The summed E-state index contributed by atoms with van der Waals surface area (Å²) in [5.41, 5.74) is 1.34. The number of alkyl halides is 1. The molecule has 2 unspecified atom stereocenters. The van der Waals surface area contributed by atoms with Gasteiger partial charge in [-0.1, -0.05) is 22.9 Å². The van der Waals surface area contributed by atoms with Crippen LogP contribution >= 0.6 is 27.3 Å². The molecule has 1 fully saturated rings. The SMILES string of the molecule is Cc1sc2ncnc(N3CCC(Br)C(C)C3)c2c1C. The minimum atomic E-state index is 0.631. The minimum Gasteiger partial charge on any atom is -0.356 e. The van der Waals surface area contributed by atoms with Gasteiger partial charge in [-0.15, -0.1) is 11.3 Å². The number of piperidine rings is 1. The molecule has 3 heterocycles. The van der Waals surface area contributed by atoms with Crippen molar-refractivity contribution in [3.63, 3.8) is 0 Å². The van der Waals surface area contributed by atoms with Crippen LogP contribution in [0.25, 0.3) is 10.2 Å². The van der Waals surface area contributed by atoms with E-state index in [-0.39, 0.29) is 0 Å². The van der Waals surface area contributed by atoms with E-state index in [9.17, 15) is 0 Å². The van der Waals surface area contributed by atoms with Crippen LogP contribution in [0.4, 0.5) is 5.82 Å². The zero-order valence-electron chi connectivity index (χ0n) is 11.5. The monoisotopic (exact) mass is 339 g/mol. The molecule has 2 atom stereocenters. The van der Waals surface area contributed by atoms with Crippen LogP contribution in [0.3, 0.4) is 0 Å². The van der Waals surface area contributed by atoms with Crippen molar-refractivity contribution in [2.45, 2.75) is 32.0 Å². The number of halogens is 1. The van der Waals surface area contributed by atoms with Gasteiger partial charge in [-0.2, -0.15) is 0 Å². The van der Waals surface area contributed by atoms with E-state index in [0.717, 1.165) is 23.7 Å². The van der Waals surface area contributed by atoms with Crippen molar-refractivity contribution < 1.29 is 0 Å². The van der Waals surface area contributed by atoms with Gasteiger partial charge < -0.3 is 4.90 Å². The smallest absolute Gasteiger partial charge is 0.141 e. The molecule has 3 nitrogen and oxygen atoms in total. The van der Waals surface area contributed by atoms with Crippen LogP contribution in [0.5, 0.6) is 0 Å². The molecule has 2 aromatic heterocycles. The standard InChI is InChI=1S/C14H18BrN3S/c1-8-6-18(5-4-11(8)15)13-12-9(2)10(3)19-14(12)17-7-16-13/h7-8,11H,4-6H2,1-3H3. The number of rotatable bonds is 1. The van der Waals surface area contributed by atoms with Crippen LogP contribution in [0.15, 0.2) is 6.33 Å². The molecule has 5 heteroatoms. The second kappa shape index (κ2) is 5.02. The average Bonchev–Trinajstić information content (AvgIpc) is 2.69. The molecule has 0 amide bonds. The fraction of sp³-hybridized carbons (Fsp3) is 0.571. The predicted molar refractivity (Wildman–Crippen MR) is 85.6 cm³/mol. The van der Waals surface area contributed by atoms with Gasteiger partial charge in [0.05, 0.1) is 5.39 Å². The molecule has 0 radical (unpaired) electrons. The Labute approximate surface area is 126 Å². The van der Waals surface area contributed by atoms with Crippen LogP contribution in [-0.2, 0) is 0 Å². The highest BCUT2D eigenvalue weighted by Crippen LogP contribution is 2.36. The molecule has 3 rings (SSSR count). The molecule has 102 valence electrons. The second-order valence-corrected chi connectivity index (χ2v) is 7.77. The fourth-order valence-electron chi connectivity index (χ4n) is 2.71. The third-order valence-electron chi connectivity index (χ3n) is 4.05. The molecule has 19 heavy (non-hydrogen) atoms. The summed E-state index contributed by atoms with van der Waals surface area (Å²) >= 11 is 5.54. The summed E-state index contributed by atoms with van der Waals surface area (Å²) in [6, 6.07) is 0. The Kier molecular flexibility index (Phi) is 3.52. The number of anilines is 1. The van der Waals surface area contributed by atoms with Crippen molar-refractivity contribution >= 4 is 43.3 Å². The maximum Gasteiger partial charge on any atom is 0.141 e. The van der Waals surface area contributed by atoms with Gasteiger partial charge >= 0.3 is 0 Å². The molecule has 0 spiro atoms. The number of aromatic nitrogens is 2. The molecule has 0 aliphatic carbocycles. The first-order valence-corrected chi connectivity index (χ1v) is 8.41. The van der Waals surface area contributed by atoms with E-state index in [4.69, 9.17) is 0 Å². The first-order chi connectivity index (χ1) is 9.08. The van der Waals surface area contributed by atoms with E-state index in [1.807, 2.05) is 0 Å². The zero-order chi connectivity index (χ0) is 13.6. The van der Waals surface area contributed by atoms with Gasteiger partial charge in [0.15, 0.2) is 0 Å². The zero-order valence-corrected chi connectivity index (χ0v) is 13.9. The number of thiophene rings is 1. The normalized spacial score (nSPS) is 24.1. The third kappa shape index (κ3) is 2.27. The molecule has 0 N–H and O–H groups in total. The minimum absolute atomic E-state index is 0.631. The molecule has 1 aliphatic rings. The molecular weight excluding hydrogens is 322 g/mol. The number of aryl methyl sites for hydroxylation is 2.